The van der Waals surface area contributed by atoms with Gasteiger partial charge in [-0.2, -0.15) is 13.2 Å². The number of alkyl halides is 3. The third-order valence-electron chi connectivity index (χ3n) is 3.96. The Bertz CT molecular complexity index is 821. The maximum atomic E-state index is 12.6. The minimum Gasteiger partial charge on any atom is -0.352 e. The van der Waals surface area contributed by atoms with E-state index in [1.807, 2.05) is 0 Å². The Morgan fingerprint density at radius 1 is 1.04 bits per heavy atom. The average molecular weight is 410 g/mol. The van der Waals surface area contributed by atoms with E-state index in [0.717, 1.165) is 12.1 Å². The Balaban J connectivity index is 1.92. The summed E-state index contributed by atoms with van der Waals surface area (Å²) in [4.78, 5) is 26.4. The largest absolute Gasteiger partial charge is 0.416 e. The summed E-state index contributed by atoms with van der Waals surface area (Å²) < 4.78 is 37.7. The van der Waals surface area contributed by atoms with E-state index in [-0.39, 0.29) is 17.6 Å². The van der Waals surface area contributed by atoms with Crippen LogP contribution in [0.15, 0.2) is 53.4 Å². The molecule has 2 aromatic carbocycles. The number of carbonyl (C=O) groups excluding carboxylic acids is 2. The molecule has 2 amide bonds. The highest BCUT2D eigenvalue weighted by Gasteiger charge is 2.29. The van der Waals surface area contributed by atoms with Gasteiger partial charge in [0.15, 0.2) is 0 Å². The predicted octanol–water partition coefficient (Wildman–Crippen LogP) is 3.86. The third-order valence-corrected chi connectivity index (χ3v) is 5.02. The van der Waals surface area contributed by atoms with Crippen LogP contribution in [0.1, 0.15) is 21.5 Å². The lowest BCUT2D eigenvalue weighted by Crippen LogP contribution is -2.26. The van der Waals surface area contributed by atoms with Crippen molar-refractivity contribution in [3.8, 4) is 0 Å². The monoisotopic (exact) mass is 410 g/mol. The van der Waals surface area contributed by atoms with Crippen molar-refractivity contribution in [2.75, 3.05) is 26.4 Å². The predicted molar refractivity (Wildman–Crippen MR) is 103 cm³/mol. The molecule has 0 bridgehead atoms. The fraction of sp³-hybridized carbons (Fsp3) is 0.300. The summed E-state index contributed by atoms with van der Waals surface area (Å²) in [5, 5.41) is 2.77. The number of halogens is 3. The van der Waals surface area contributed by atoms with E-state index >= 15 is 0 Å². The van der Waals surface area contributed by atoms with E-state index in [9.17, 15) is 22.8 Å². The Hall–Kier alpha value is -2.48. The first kappa shape index (κ1) is 21.8. The van der Waals surface area contributed by atoms with E-state index in [1.54, 1.807) is 38.4 Å². The molecule has 0 saturated heterocycles. The minimum absolute atomic E-state index is 0.0532. The van der Waals surface area contributed by atoms with Crippen LogP contribution >= 0.6 is 11.8 Å². The quantitative estimate of drug-likeness (QED) is 0.706. The standard InChI is InChI=1S/C20H21F3N2O2S/c1-25(2)18(26)13-28-17-6-4-3-5-16(17)19(27)24-12-11-14-7-9-15(10-8-14)20(21,22)23/h3-10H,11-13H2,1-2H3,(H,24,27). The van der Waals surface area contributed by atoms with Gasteiger partial charge >= 0.3 is 6.18 Å². The van der Waals surface area contributed by atoms with Crippen LogP contribution in [0.3, 0.4) is 0 Å². The van der Waals surface area contributed by atoms with Crippen molar-refractivity contribution in [1.82, 2.24) is 10.2 Å². The van der Waals surface area contributed by atoms with Crippen molar-refractivity contribution in [1.29, 1.82) is 0 Å². The molecule has 0 aliphatic carbocycles. The maximum absolute atomic E-state index is 12.6. The smallest absolute Gasteiger partial charge is 0.352 e. The number of amides is 2. The summed E-state index contributed by atoms with van der Waals surface area (Å²) in [6.45, 7) is 0.291. The van der Waals surface area contributed by atoms with Crippen LogP contribution in [0, 0.1) is 0 Å². The van der Waals surface area contributed by atoms with Crippen LogP contribution in [-0.4, -0.2) is 43.1 Å². The Labute approximate surface area is 166 Å². The van der Waals surface area contributed by atoms with Crippen molar-refractivity contribution >= 4 is 23.6 Å². The lowest BCUT2D eigenvalue weighted by atomic mass is 10.1. The number of thioether (sulfide) groups is 1. The molecule has 0 heterocycles. The zero-order valence-corrected chi connectivity index (χ0v) is 16.4. The van der Waals surface area contributed by atoms with Gasteiger partial charge in [-0.05, 0) is 36.2 Å². The number of nitrogens with one attached hydrogen (secondary N) is 1. The lowest BCUT2D eigenvalue weighted by Gasteiger charge is -2.12. The molecule has 0 atom stereocenters. The molecule has 2 rings (SSSR count). The fourth-order valence-corrected chi connectivity index (χ4v) is 3.35. The molecule has 2 aromatic rings. The van der Waals surface area contributed by atoms with Crippen molar-refractivity contribution in [2.24, 2.45) is 0 Å². The zero-order valence-electron chi connectivity index (χ0n) is 15.5. The molecule has 0 saturated carbocycles. The molecule has 0 aliphatic heterocycles. The second-order valence-electron chi connectivity index (χ2n) is 6.27. The lowest BCUT2D eigenvalue weighted by molar-refractivity contribution is -0.137. The number of carbonyl (C=O) groups is 2. The van der Waals surface area contributed by atoms with Crippen molar-refractivity contribution in [2.45, 2.75) is 17.5 Å². The Kier molecular flexibility index (Phi) is 7.51. The van der Waals surface area contributed by atoms with Gasteiger partial charge in [0.25, 0.3) is 5.91 Å². The topological polar surface area (TPSA) is 49.4 Å². The molecular formula is C20H21F3N2O2S. The average Bonchev–Trinajstić information content (AvgIpc) is 2.65. The van der Waals surface area contributed by atoms with Gasteiger partial charge in [0.05, 0.1) is 16.9 Å². The summed E-state index contributed by atoms with van der Waals surface area (Å²) in [5.74, 6) is -0.113. The van der Waals surface area contributed by atoms with Crippen molar-refractivity contribution in [3.05, 3.63) is 65.2 Å². The molecule has 0 radical (unpaired) electrons. The van der Waals surface area contributed by atoms with E-state index < -0.39 is 11.7 Å². The van der Waals surface area contributed by atoms with Gasteiger partial charge in [-0.1, -0.05) is 24.3 Å². The van der Waals surface area contributed by atoms with E-state index in [1.165, 1.54) is 28.8 Å². The van der Waals surface area contributed by atoms with Crippen LogP contribution in [0.2, 0.25) is 0 Å². The number of nitrogens with zero attached hydrogens (tertiary/aromatic N) is 1. The molecule has 0 unspecified atom stereocenters. The first-order valence-corrected chi connectivity index (χ1v) is 9.53. The zero-order chi connectivity index (χ0) is 20.7. The first-order chi connectivity index (χ1) is 13.2. The molecule has 0 aliphatic rings. The highest BCUT2D eigenvalue weighted by molar-refractivity contribution is 8.00. The molecular weight excluding hydrogens is 389 g/mol. The van der Waals surface area contributed by atoms with Crippen LogP contribution in [-0.2, 0) is 17.4 Å². The molecule has 4 nitrogen and oxygen atoms in total. The Morgan fingerprint density at radius 2 is 1.68 bits per heavy atom. The highest BCUT2D eigenvalue weighted by Crippen LogP contribution is 2.29. The van der Waals surface area contributed by atoms with Gasteiger partial charge < -0.3 is 10.2 Å². The van der Waals surface area contributed by atoms with Crippen LogP contribution in [0.4, 0.5) is 13.2 Å². The van der Waals surface area contributed by atoms with Gasteiger partial charge in [-0.3, -0.25) is 9.59 Å². The van der Waals surface area contributed by atoms with E-state index in [4.69, 9.17) is 0 Å². The second kappa shape index (κ2) is 9.64. The third kappa shape index (κ3) is 6.30. The van der Waals surface area contributed by atoms with Crippen LogP contribution in [0.5, 0.6) is 0 Å². The minimum atomic E-state index is -4.36. The summed E-state index contributed by atoms with van der Waals surface area (Å²) in [7, 11) is 3.34. The van der Waals surface area contributed by atoms with E-state index in [2.05, 4.69) is 5.32 Å². The SMILES string of the molecule is CN(C)C(=O)CSc1ccccc1C(=O)NCCc1ccc(C(F)(F)F)cc1. The van der Waals surface area contributed by atoms with Crippen LogP contribution < -0.4 is 5.32 Å². The fourth-order valence-electron chi connectivity index (χ4n) is 2.32. The molecule has 0 aromatic heterocycles. The van der Waals surface area contributed by atoms with Gasteiger partial charge in [0.1, 0.15) is 0 Å². The molecule has 0 spiro atoms. The van der Waals surface area contributed by atoms with Gasteiger partial charge in [0, 0.05) is 25.5 Å². The number of hydrogen-bond donors (Lipinski definition) is 1. The maximum Gasteiger partial charge on any atom is 0.416 e. The molecule has 1 N–H and O–H groups in total. The summed E-state index contributed by atoms with van der Waals surface area (Å²) in [5.41, 5.74) is 0.470. The van der Waals surface area contributed by atoms with Gasteiger partial charge in [-0.15, -0.1) is 11.8 Å². The number of benzene rings is 2. The second-order valence-corrected chi connectivity index (χ2v) is 7.29. The number of hydrogen-bond acceptors (Lipinski definition) is 3. The summed E-state index contributed by atoms with van der Waals surface area (Å²) >= 11 is 1.29. The van der Waals surface area contributed by atoms with Gasteiger partial charge in [-0.25, -0.2) is 0 Å². The first-order valence-electron chi connectivity index (χ1n) is 8.55. The van der Waals surface area contributed by atoms with Gasteiger partial charge in [0.2, 0.25) is 5.91 Å². The Morgan fingerprint density at radius 3 is 2.29 bits per heavy atom. The van der Waals surface area contributed by atoms with Crippen molar-refractivity contribution in [3.63, 3.8) is 0 Å². The molecule has 150 valence electrons. The molecule has 0 fully saturated rings. The van der Waals surface area contributed by atoms with Crippen LogP contribution in [0.25, 0.3) is 0 Å². The molecule has 8 heteroatoms. The number of rotatable bonds is 7. The van der Waals surface area contributed by atoms with E-state index in [0.29, 0.717) is 29.0 Å². The normalized spacial score (nSPS) is 11.2. The van der Waals surface area contributed by atoms with Crippen molar-refractivity contribution < 1.29 is 22.8 Å². The highest BCUT2D eigenvalue weighted by atomic mass is 32.2. The summed E-state index contributed by atoms with van der Waals surface area (Å²) in [6, 6.07) is 11.9. The molecule has 28 heavy (non-hydrogen) atoms. The summed E-state index contributed by atoms with van der Waals surface area (Å²) in [6.07, 6.45) is -3.94.